The number of nitro benzene ring substituents is 1. The van der Waals surface area contributed by atoms with Gasteiger partial charge in [0.25, 0.3) is 5.69 Å². The first-order valence-corrected chi connectivity index (χ1v) is 6.21. The molecular weight excluding hydrogens is 266 g/mol. The highest BCUT2D eigenvalue weighted by molar-refractivity contribution is 7.84. The van der Waals surface area contributed by atoms with Crippen LogP contribution in [0.4, 0.5) is 5.69 Å². The largest absolute Gasteiger partial charge is 0.748 e. The lowest BCUT2D eigenvalue weighted by molar-refractivity contribution is -0.385. The molecule has 0 saturated carbocycles. The summed E-state index contributed by atoms with van der Waals surface area (Å²) in [5, 5.41) is 20.7. The van der Waals surface area contributed by atoms with E-state index in [0.29, 0.717) is 11.8 Å². The number of hydrogen-bond acceptors (Lipinski definition) is 7. The lowest BCUT2D eigenvalue weighted by Crippen LogP contribution is -2.22. The third-order valence-corrected chi connectivity index (χ3v) is 1.63. The lowest BCUT2D eigenvalue weighted by Gasteiger charge is -2.03. The van der Waals surface area contributed by atoms with Crippen LogP contribution in [0.1, 0.15) is 15.9 Å². The van der Waals surface area contributed by atoms with E-state index in [1.54, 1.807) is 0 Å². The van der Waals surface area contributed by atoms with Crippen molar-refractivity contribution in [2.45, 2.75) is 6.92 Å². The van der Waals surface area contributed by atoms with E-state index in [1.807, 2.05) is 0 Å². The number of carboxylic acids is 1. The highest BCUT2D eigenvalue weighted by atomic mass is 32.2. The number of carbonyl (C=O) groups is 1. The second kappa shape index (κ2) is 6.07. The Labute approximate surface area is 103 Å². The molecule has 0 fully saturated rings. The van der Waals surface area contributed by atoms with Gasteiger partial charge in [0, 0.05) is 17.9 Å². The Morgan fingerprint density at radius 3 is 2.06 bits per heavy atom. The smallest absolute Gasteiger partial charge is 0.272 e. The first-order chi connectivity index (χ1) is 8.02. The van der Waals surface area contributed by atoms with Crippen molar-refractivity contribution in [2.75, 3.05) is 6.26 Å². The maximum absolute atomic E-state index is 10.4. The van der Waals surface area contributed by atoms with Crippen molar-refractivity contribution in [3.05, 3.63) is 39.4 Å². The molecule has 0 N–H and O–H groups in total. The number of carbonyl (C=O) groups excluding carboxylic acids is 1. The third-order valence-electron chi connectivity index (χ3n) is 1.63. The summed E-state index contributed by atoms with van der Waals surface area (Å²) in [6.07, 6.45) is 0.604. The SMILES string of the molecule is CS(=O)(=O)[O-].Cc1cc(C(=O)[O-])ccc1[N+](=O)[O-]. The first-order valence-electron chi connectivity index (χ1n) is 4.39. The van der Waals surface area contributed by atoms with Crippen molar-refractivity contribution < 1.29 is 27.8 Å². The van der Waals surface area contributed by atoms with Gasteiger partial charge in [-0.2, -0.15) is 0 Å². The van der Waals surface area contributed by atoms with Crippen LogP contribution in [-0.4, -0.2) is 30.1 Å². The number of nitro groups is 1. The Hall–Kier alpha value is -2.00. The standard InChI is InChI=1S/C8H7NO4.CH4O3S/c1-5-4-6(8(10)11)2-3-7(5)9(12)13;1-5(2,3)4/h2-4H,1H3,(H,10,11);1H3,(H,2,3,4)/p-2. The van der Waals surface area contributed by atoms with E-state index in [2.05, 4.69) is 0 Å². The van der Waals surface area contributed by atoms with Gasteiger partial charge in [-0.3, -0.25) is 10.1 Å². The maximum Gasteiger partial charge on any atom is 0.272 e. The summed E-state index contributed by atoms with van der Waals surface area (Å²) in [6.45, 7) is 1.48. The van der Waals surface area contributed by atoms with E-state index < -0.39 is 21.0 Å². The molecule has 0 aliphatic heterocycles. The van der Waals surface area contributed by atoms with Crippen LogP contribution in [0.25, 0.3) is 0 Å². The molecule has 0 radical (unpaired) electrons. The summed E-state index contributed by atoms with van der Waals surface area (Å²) >= 11 is 0. The molecule has 0 aliphatic carbocycles. The number of hydrogen-bond donors (Lipinski definition) is 0. The lowest BCUT2D eigenvalue weighted by atomic mass is 10.1. The molecule has 9 heteroatoms. The molecule has 0 aliphatic rings. The van der Waals surface area contributed by atoms with Gasteiger partial charge in [-0.05, 0) is 24.6 Å². The summed E-state index contributed by atoms with van der Waals surface area (Å²) in [7, 11) is -3.92. The molecule has 0 aromatic heterocycles. The first kappa shape index (κ1) is 16.0. The van der Waals surface area contributed by atoms with E-state index in [9.17, 15) is 20.0 Å². The molecule has 8 nitrogen and oxygen atoms in total. The van der Waals surface area contributed by atoms with Crippen molar-refractivity contribution in [3.63, 3.8) is 0 Å². The molecule has 1 aromatic carbocycles. The second-order valence-electron chi connectivity index (χ2n) is 3.25. The topological polar surface area (TPSA) is 140 Å². The van der Waals surface area contributed by atoms with Crippen LogP contribution in [0.15, 0.2) is 18.2 Å². The van der Waals surface area contributed by atoms with Crippen LogP contribution >= 0.6 is 0 Å². The minimum absolute atomic E-state index is 0.0527. The number of benzene rings is 1. The van der Waals surface area contributed by atoms with Crippen LogP contribution in [0, 0.1) is 17.0 Å². The number of aryl methyl sites for hydroxylation is 1. The van der Waals surface area contributed by atoms with Gasteiger partial charge in [0.05, 0.1) is 21.0 Å². The Kier molecular flexibility index (Phi) is 5.40. The van der Waals surface area contributed by atoms with Crippen molar-refractivity contribution >= 4 is 21.8 Å². The Bertz CT molecular complexity index is 556. The predicted octanol–water partition coefficient (Wildman–Crippen LogP) is -0.572. The Morgan fingerprint density at radius 2 is 1.78 bits per heavy atom. The van der Waals surface area contributed by atoms with Gasteiger partial charge in [0.15, 0.2) is 0 Å². The zero-order chi connectivity index (χ0) is 14.5. The molecular formula is C9H9NO7S-2. The van der Waals surface area contributed by atoms with Crippen LogP contribution in [-0.2, 0) is 10.1 Å². The summed E-state index contributed by atoms with van der Waals surface area (Å²) in [4.78, 5) is 20.1. The van der Waals surface area contributed by atoms with Crippen molar-refractivity contribution in [3.8, 4) is 0 Å². The average molecular weight is 275 g/mol. The number of aromatic carboxylic acids is 1. The van der Waals surface area contributed by atoms with E-state index >= 15 is 0 Å². The molecule has 0 spiro atoms. The average Bonchev–Trinajstić information content (AvgIpc) is 2.13. The minimum atomic E-state index is -3.92. The molecule has 0 bridgehead atoms. The van der Waals surface area contributed by atoms with Gasteiger partial charge >= 0.3 is 0 Å². The minimum Gasteiger partial charge on any atom is -0.748 e. The highest BCUT2D eigenvalue weighted by Gasteiger charge is 2.09. The maximum atomic E-state index is 10.4. The van der Waals surface area contributed by atoms with Gasteiger partial charge in [-0.1, -0.05) is 0 Å². The monoisotopic (exact) mass is 275 g/mol. The van der Waals surface area contributed by atoms with Gasteiger partial charge in [-0.15, -0.1) is 0 Å². The Morgan fingerprint density at radius 1 is 1.33 bits per heavy atom. The number of carboxylic acid groups (broad SMARTS) is 1. The van der Waals surface area contributed by atoms with E-state index in [0.717, 1.165) is 12.1 Å². The van der Waals surface area contributed by atoms with E-state index in [4.69, 9.17) is 13.0 Å². The predicted molar refractivity (Wildman–Crippen MR) is 57.8 cm³/mol. The normalized spacial score (nSPS) is 10.2. The van der Waals surface area contributed by atoms with Crippen LogP contribution in [0.5, 0.6) is 0 Å². The molecule has 1 aromatic rings. The molecule has 0 amide bonds. The molecule has 100 valence electrons. The van der Waals surface area contributed by atoms with Gasteiger partial charge < -0.3 is 14.5 Å². The highest BCUT2D eigenvalue weighted by Crippen LogP contribution is 2.18. The summed E-state index contributed by atoms with van der Waals surface area (Å²) in [5.41, 5.74) is 0.166. The zero-order valence-corrected chi connectivity index (χ0v) is 10.3. The van der Waals surface area contributed by atoms with E-state index in [-0.39, 0.29) is 11.3 Å². The molecule has 0 heterocycles. The fourth-order valence-corrected chi connectivity index (χ4v) is 0.987. The van der Waals surface area contributed by atoms with Crippen molar-refractivity contribution in [1.82, 2.24) is 0 Å². The third kappa shape index (κ3) is 6.55. The van der Waals surface area contributed by atoms with Crippen LogP contribution in [0.3, 0.4) is 0 Å². The number of rotatable bonds is 2. The Balaban J connectivity index is 0.000000494. The fraction of sp³-hybridized carbons (Fsp3) is 0.222. The van der Waals surface area contributed by atoms with Crippen LogP contribution in [0.2, 0.25) is 0 Å². The molecule has 18 heavy (non-hydrogen) atoms. The second-order valence-corrected chi connectivity index (χ2v) is 4.66. The van der Waals surface area contributed by atoms with Gasteiger partial charge in [-0.25, -0.2) is 8.42 Å². The number of nitrogens with zero attached hydrogens (tertiary/aromatic N) is 1. The zero-order valence-electron chi connectivity index (χ0n) is 9.45. The summed E-state index contributed by atoms with van der Waals surface area (Å²) in [5.74, 6) is -1.34. The van der Waals surface area contributed by atoms with Gasteiger partial charge in [0.1, 0.15) is 0 Å². The molecule has 0 saturated heterocycles. The fourth-order valence-electron chi connectivity index (χ4n) is 0.987. The van der Waals surface area contributed by atoms with Crippen molar-refractivity contribution in [1.29, 1.82) is 0 Å². The van der Waals surface area contributed by atoms with E-state index in [1.165, 1.54) is 13.0 Å². The van der Waals surface area contributed by atoms with Gasteiger partial charge in [0.2, 0.25) is 0 Å². The van der Waals surface area contributed by atoms with Crippen molar-refractivity contribution in [2.24, 2.45) is 0 Å². The molecule has 0 unspecified atom stereocenters. The molecule has 0 atom stereocenters. The van der Waals surface area contributed by atoms with Crippen LogP contribution < -0.4 is 5.11 Å². The molecule has 1 rings (SSSR count). The summed E-state index contributed by atoms with van der Waals surface area (Å²) < 4.78 is 27.2. The summed E-state index contributed by atoms with van der Waals surface area (Å²) in [6, 6.07) is 3.52. The quantitative estimate of drug-likeness (QED) is 0.399.